The summed E-state index contributed by atoms with van der Waals surface area (Å²) in [6, 6.07) is 20.9. The molecule has 1 atom stereocenters. The molecular weight excluding hydrogens is 456 g/mol. The maximum absolute atomic E-state index is 6.36. The Kier molecular flexibility index (Phi) is 7.28. The number of hydrogen-bond donors (Lipinski definition) is 0. The maximum atomic E-state index is 6.36. The van der Waals surface area contributed by atoms with Crippen LogP contribution in [0.15, 0.2) is 79.6 Å². The molecule has 3 nitrogen and oxygen atoms in total. The van der Waals surface area contributed by atoms with Crippen LogP contribution in [0.25, 0.3) is 5.76 Å². The van der Waals surface area contributed by atoms with Crippen LogP contribution in [0.2, 0.25) is 0 Å². The summed E-state index contributed by atoms with van der Waals surface area (Å²) in [5, 5.41) is 0. The molecular formula is C34H40O3. The predicted octanol–water partition coefficient (Wildman–Crippen LogP) is 8.69. The molecule has 194 valence electrons. The Balaban J connectivity index is 1.53. The number of fused-ring (bicyclic) bond motifs is 1. The van der Waals surface area contributed by atoms with Crippen LogP contribution < -0.4 is 9.47 Å². The lowest BCUT2D eigenvalue weighted by Crippen LogP contribution is -2.17. The summed E-state index contributed by atoms with van der Waals surface area (Å²) in [5.74, 6) is 3.22. The van der Waals surface area contributed by atoms with E-state index in [0.717, 1.165) is 33.9 Å². The van der Waals surface area contributed by atoms with Gasteiger partial charge in [0.15, 0.2) is 0 Å². The molecule has 0 spiro atoms. The predicted molar refractivity (Wildman–Crippen MR) is 154 cm³/mol. The van der Waals surface area contributed by atoms with Gasteiger partial charge in [0.1, 0.15) is 36.2 Å². The van der Waals surface area contributed by atoms with E-state index in [0.29, 0.717) is 19.0 Å². The third-order valence-corrected chi connectivity index (χ3v) is 6.90. The first kappa shape index (κ1) is 26.6. The van der Waals surface area contributed by atoms with Crippen LogP contribution in [-0.4, -0.2) is 13.2 Å². The molecule has 1 aliphatic rings. The van der Waals surface area contributed by atoms with E-state index in [1.54, 1.807) is 0 Å². The fraction of sp³-hybridized carbons (Fsp3) is 0.353. The van der Waals surface area contributed by atoms with Crippen molar-refractivity contribution < 1.29 is 14.2 Å². The van der Waals surface area contributed by atoms with Gasteiger partial charge in [-0.1, -0.05) is 109 Å². The Morgan fingerprint density at radius 2 is 1.59 bits per heavy atom. The molecule has 3 aromatic carbocycles. The Labute approximate surface area is 222 Å². The molecule has 0 radical (unpaired) electrons. The van der Waals surface area contributed by atoms with Gasteiger partial charge >= 0.3 is 0 Å². The quantitative estimate of drug-likeness (QED) is 0.242. The van der Waals surface area contributed by atoms with E-state index in [4.69, 9.17) is 14.2 Å². The normalized spacial score (nSPS) is 15.2. The smallest absolute Gasteiger partial charge is 0.134 e. The molecule has 4 rings (SSSR count). The standard InChI is InChI=1S/C34H40O3/c1-22-19-26(15-16-30(22)36-18-17-35-23(2)25-13-11-10-12-14-25)31-24(3)37-32-28(31)20-27(33(4,5)6)21-29(32)34(7,8)9/h10-16,19-21,31H,2-3,17-18H2,1,4-9H3. The minimum absolute atomic E-state index is 0.0105. The second kappa shape index (κ2) is 10.1. The van der Waals surface area contributed by atoms with Crippen LogP contribution in [0.4, 0.5) is 0 Å². The van der Waals surface area contributed by atoms with Crippen molar-refractivity contribution >= 4 is 5.76 Å². The second-order valence-electron chi connectivity index (χ2n) is 12.0. The lowest BCUT2D eigenvalue weighted by Gasteiger charge is -2.27. The molecule has 1 heterocycles. The minimum Gasteiger partial charge on any atom is -0.490 e. The molecule has 0 aliphatic carbocycles. The van der Waals surface area contributed by atoms with E-state index in [1.165, 1.54) is 16.7 Å². The molecule has 0 amide bonds. The summed E-state index contributed by atoms with van der Waals surface area (Å²) in [6.45, 7) is 24.8. The average Bonchev–Trinajstić information content (AvgIpc) is 3.16. The number of allylic oxidation sites excluding steroid dienone is 1. The third-order valence-electron chi connectivity index (χ3n) is 6.90. The van der Waals surface area contributed by atoms with Crippen molar-refractivity contribution in [3.63, 3.8) is 0 Å². The molecule has 37 heavy (non-hydrogen) atoms. The van der Waals surface area contributed by atoms with Gasteiger partial charge in [0.25, 0.3) is 0 Å². The van der Waals surface area contributed by atoms with Gasteiger partial charge in [-0.3, -0.25) is 0 Å². The van der Waals surface area contributed by atoms with Crippen LogP contribution in [0.3, 0.4) is 0 Å². The van der Waals surface area contributed by atoms with Crippen LogP contribution >= 0.6 is 0 Å². The third kappa shape index (κ3) is 5.77. The highest BCUT2D eigenvalue weighted by atomic mass is 16.5. The summed E-state index contributed by atoms with van der Waals surface area (Å²) in [4.78, 5) is 0. The van der Waals surface area contributed by atoms with Gasteiger partial charge in [0.05, 0.1) is 5.92 Å². The maximum Gasteiger partial charge on any atom is 0.134 e. The molecule has 3 aromatic rings. The monoisotopic (exact) mass is 496 g/mol. The van der Waals surface area contributed by atoms with Crippen LogP contribution in [0.1, 0.15) is 80.8 Å². The highest BCUT2D eigenvalue weighted by Crippen LogP contribution is 2.50. The highest BCUT2D eigenvalue weighted by molar-refractivity contribution is 5.60. The van der Waals surface area contributed by atoms with Gasteiger partial charge in [-0.25, -0.2) is 0 Å². The van der Waals surface area contributed by atoms with Gasteiger partial charge in [0, 0.05) is 16.7 Å². The van der Waals surface area contributed by atoms with Crippen molar-refractivity contribution in [3.8, 4) is 11.5 Å². The molecule has 0 saturated carbocycles. The zero-order valence-electron chi connectivity index (χ0n) is 23.4. The van der Waals surface area contributed by atoms with E-state index in [-0.39, 0.29) is 16.7 Å². The van der Waals surface area contributed by atoms with Gasteiger partial charge in [-0.05, 0) is 40.5 Å². The summed E-state index contributed by atoms with van der Waals surface area (Å²) in [5.41, 5.74) is 6.94. The second-order valence-corrected chi connectivity index (χ2v) is 12.0. The van der Waals surface area contributed by atoms with E-state index in [9.17, 15) is 0 Å². The number of hydrogen-bond acceptors (Lipinski definition) is 3. The number of ether oxygens (including phenoxy) is 3. The Bertz CT molecular complexity index is 1300. The van der Waals surface area contributed by atoms with E-state index < -0.39 is 0 Å². The minimum atomic E-state index is -0.0397. The molecule has 3 heteroatoms. The van der Waals surface area contributed by atoms with Crippen LogP contribution in [0.5, 0.6) is 11.5 Å². The SMILES string of the molecule is C=C(OCCOc1ccc(C2C(=C)Oc3c2cc(C(C)(C)C)cc3C(C)(C)C)cc1C)c1ccccc1. The Morgan fingerprint density at radius 3 is 2.22 bits per heavy atom. The zero-order valence-corrected chi connectivity index (χ0v) is 23.4. The van der Waals surface area contributed by atoms with Crippen molar-refractivity contribution in [1.82, 2.24) is 0 Å². The highest BCUT2D eigenvalue weighted by Gasteiger charge is 2.36. The van der Waals surface area contributed by atoms with Crippen molar-refractivity contribution in [2.75, 3.05) is 13.2 Å². The van der Waals surface area contributed by atoms with Crippen molar-refractivity contribution in [2.24, 2.45) is 0 Å². The largest absolute Gasteiger partial charge is 0.490 e. The first-order valence-electron chi connectivity index (χ1n) is 13.0. The fourth-order valence-corrected chi connectivity index (χ4v) is 4.74. The van der Waals surface area contributed by atoms with E-state index in [1.807, 2.05) is 36.4 Å². The lowest BCUT2D eigenvalue weighted by atomic mass is 9.77. The first-order valence-corrected chi connectivity index (χ1v) is 13.0. The van der Waals surface area contributed by atoms with Gasteiger partial charge in [0.2, 0.25) is 0 Å². The van der Waals surface area contributed by atoms with Gasteiger partial charge in [-0.15, -0.1) is 0 Å². The molecule has 0 N–H and O–H groups in total. The van der Waals surface area contributed by atoms with Crippen molar-refractivity contribution in [2.45, 2.75) is 65.2 Å². The average molecular weight is 497 g/mol. The summed E-state index contributed by atoms with van der Waals surface area (Å²) >= 11 is 0. The summed E-state index contributed by atoms with van der Waals surface area (Å²) in [6.07, 6.45) is 0. The van der Waals surface area contributed by atoms with Crippen molar-refractivity contribution in [1.29, 1.82) is 0 Å². The zero-order chi connectivity index (χ0) is 27.0. The number of rotatable bonds is 7. The molecule has 0 saturated heterocycles. The first-order chi connectivity index (χ1) is 17.4. The van der Waals surface area contributed by atoms with Gasteiger partial charge in [-0.2, -0.15) is 0 Å². The van der Waals surface area contributed by atoms with E-state index in [2.05, 4.69) is 85.9 Å². The molecule has 0 aromatic heterocycles. The molecule has 1 aliphatic heterocycles. The molecule has 0 fully saturated rings. The summed E-state index contributed by atoms with van der Waals surface area (Å²) < 4.78 is 18.2. The van der Waals surface area contributed by atoms with Crippen LogP contribution in [-0.2, 0) is 15.6 Å². The Hall–Kier alpha value is -3.46. The number of aryl methyl sites for hydroxylation is 1. The lowest BCUT2D eigenvalue weighted by molar-refractivity contribution is 0.194. The van der Waals surface area contributed by atoms with Crippen molar-refractivity contribution in [3.05, 3.63) is 113 Å². The Morgan fingerprint density at radius 1 is 0.892 bits per heavy atom. The summed E-state index contributed by atoms with van der Waals surface area (Å²) in [7, 11) is 0. The topological polar surface area (TPSA) is 27.7 Å². The van der Waals surface area contributed by atoms with Crippen LogP contribution in [0, 0.1) is 6.92 Å². The van der Waals surface area contributed by atoms with Gasteiger partial charge < -0.3 is 14.2 Å². The number of benzene rings is 3. The fourth-order valence-electron chi connectivity index (χ4n) is 4.74. The molecule has 0 bridgehead atoms. The molecule has 1 unspecified atom stereocenters. The van der Waals surface area contributed by atoms with E-state index >= 15 is 0 Å².